The number of hydrogen-bond acceptors (Lipinski definition) is 6. The lowest BCUT2D eigenvalue weighted by molar-refractivity contribution is 0.122. The maximum Gasteiger partial charge on any atom is 0.252 e. The third kappa shape index (κ3) is 4.17. The largest absolute Gasteiger partial charge is 0.378 e. The minimum atomic E-state index is -0.204. The normalized spacial score (nSPS) is 15.1. The van der Waals surface area contributed by atoms with E-state index in [2.05, 4.69) is 37.5 Å². The first-order valence-corrected chi connectivity index (χ1v) is 7.50. The van der Waals surface area contributed by atoms with Gasteiger partial charge in [-0.3, -0.25) is 9.78 Å². The monoisotopic (exact) mass is 313 g/mol. The van der Waals surface area contributed by atoms with Gasteiger partial charge in [-0.05, 0) is 24.6 Å². The first-order chi connectivity index (χ1) is 11.2. The number of nitrogens with one attached hydrogen (secondary N) is 2. The van der Waals surface area contributed by atoms with Crippen molar-refractivity contribution in [1.29, 1.82) is 0 Å². The molecule has 0 radical (unpaired) electrons. The van der Waals surface area contributed by atoms with Crippen LogP contribution < -0.4 is 15.9 Å². The number of aryl methyl sites for hydroxylation is 1. The third-order valence-corrected chi connectivity index (χ3v) is 3.52. The van der Waals surface area contributed by atoms with Crippen molar-refractivity contribution in [2.75, 3.05) is 36.6 Å². The molecule has 0 atom stereocenters. The average molecular weight is 313 g/mol. The van der Waals surface area contributed by atoms with E-state index >= 15 is 0 Å². The molecule has 0 unspecified atom stereocenters. The number of aromatic amines is 1. The first kappa shape index (κ1) is 15.2. The fraction of sp³-hybridized carbons (Fsp3) is 0.312. The molecule has 1 fully saturated rings. The molecule has 7 heteroatoms. The molecule has 0 amide bonds. The van der Waals surface area contributed by atoms with E-state index in [1.807, 2.05) is 12.1 Å². The Labute approximate surface area is 134 Å². The van der Waals surface area contributed by atoms with E-state index in [1.54, 1.807) is 13.1 Å². The summed E-state index contributed by atoms with van der Waals surface area (Å²) in [5, 5.41) is 4.10. The number of rotatable bonds is 4. The van der Waals surface area contributed by atoms with Gasteiger partial charge >= 0.3 is 0 Å². The number of benzene rings is 1. The summed E-state index contributed by atoms with van der Waals surface area (Å²) in [6.07, 6.45) is 1.69. The van der Waals surface area contributed by atoms with Crippen LogP contribution >= 0.6 is 0 Å². The predicted octanol–water partition coefficient (Wildman–Crippen LogP) is 1.36. The lowest BCUT2D eigenvalue weighted by Gasteiger charge is -2.28. The number of aromatic nitrogens is 2. The van der Waals surface area contributed by atoms with Crippen LogP contribution in [0.15, 0.2) is 40.2 Å². The summed E-state index contributed by atoms with van der Waals surface area (Å²) < 4.78 is 5.35. The van der Waals surface area contributed by atoms with E-state index in [1.165, 1.54) is 11.8 Å². The Kier molecular flexibility index (Phi) is 4.68. The van der Waals surface area contributed by atoms with Gasteiger partial charge in [0.05, 0.1) is 19.4 Å². The lowest BCUT2D eigenvalue weighted by Crippen LogP contribution is -2.36. The molecule has 1 aliphatic rings. The van der Waals surface area contributed by atoms with Crippen molar-refractivity contribution in [2.45, 2.75) is 6.92 Å². The number of anilines is 2. The van der Waals surface area contributed by atoms with Gasteiger partial charge in [0.15, 0.2) is 0 Å². The Morgan fingerprint density at radius 3 is 2.74 bits per heavy atom. The average Bonchev–Trinajstić information content (AvgIpc) is 2.55. The standard InChI is InChI=1S/C16H19N5O2/c1-12-10-15(22)19-16(18-12)20-17-11-13-2-4-14(5-3-13)21-6-8-23-9-7-21/h2-5,10-11H,6-9H2,1H3,(H2,18,19,20,22). The number of H-pyrrole nitrogens is 1. The Hall–Kier alpha value is -2.67. The van der Waals surface area contributed by atoms with Crippen molar-refractivity contribution >= 4 is 17.9 Å². The molecule has 2 heterocycles. The predicted molar refractivity (Wildman–Crippen MR) is 90.3 cm³/mol. The molecule has 1 aliphatic heterocycles. The fourth-order valence-electron chi connectivity index (χ4n) is 2.39. The Balaban J connectivity index is 1.62. The highest BCUT2D eigenvalue weighted by molar-refractivity contribution is 5.80. The summed E-state index contributed by atoms with van der Waals surface area (Å²) in [5.41, 5.74) is 5.31. The van der Waals surface area contributed by atoms with Gasteiger partial charge in [-0.15, -0.1) is 0 Å². The lowest BCUT2D eigenvalue weighted by atomic mass is 10.2. The zero-order valence-corrected chi connectivity index (χ0v) is 13.0. The van der Waals surface area contributed by atoms with Crippen molar-refractivity contribution < 1.29 is 4.74 Å². The number of nitrogens with zero attached hydrogens (tertiary/aromatic N) is 3. The molecule has 3 rings (SSSR count). The molecule has 120 valence electrons. The summed E-state index contributed by atoms with van der Waals surface area (Å²) in [6.45, 7) is 5.14. The highest BCUT2D eigenvalue weighted by Crippen LogP contribution is 2.15. The van der Waals surface area contributed by atoms with Crippen LogP contribution in [0, 0.1) is 6.92 Å². The quantitative estimate of drug-likeness (QED) is 0.658. The Morgan fingerprint density at radius 2 is 2.04 bits per heavy atom. The number of hydrogen-bond donors (Lipinski definition) is 2. The molecular formula is C16H19N5O2. The van der Waals surface area contributed by atoms with Crippen LogP contribution in [0.4, 0.5) is 11.6 Å². The van der Waals surface area contributed by atoms with E-state index in [0.717, 1.165) is 31.9 Å². The van der Waals surface area contributed by atoms with Gasteiger partial charge in [-0.25, -0.2) is 10.4 Å². The van der Waals surface area contributed by atoms with Gasteiger partial charge < -0.3 is 9.64 Å². The Morgan fingerprint density at radius 1 is 1.30 bits per heavy atom. The van der Waals surface area contributed by atoms with Crippen LogP contribution in [0.1, 0.15) is 11.3 Å². The highest BCUT2D eigenvalue weighted by atomic mass is 16.5. The van der Waals surface area contributed by atoms with Crippen LogP contribution in [0.25, 0.3) is 0 Å². The maximum absolute atomic E-state index is 11.3. The molecule has 7 nitrogen and oxygen atoms in total. The van der Waals surface area contributed by atoms with E-state index in [-0.39, 0.29) is 5.56 Å². The highest BCUT2D eigenvalue weighted by Gasteiger charge is 2.10. The van der Waals surface area contributed by atoms with Gasteiger partial charge in [-0.1, -0.05) is 12.1 Å². The smallest absolute Gasteiger partial charge is 0.252 e. The van der Waals surface area contributed by atoms with E-state index in [0.29, 0.717) is 11.6 Å². The second-order valence-corrected chi connectivity index (χ2v) is 5.30. The van der Waals surface area contributed by atoms with Gasteiger partial charge in [0.1, 0.15) is 0 Å². The third-order valence-electron chi connectivity index (χ3n) is 3.52. The molecule has 2 aromatic rings. The minimum absolute atomic E-state index is 0.204. The van der Waals surface area contributed by atoms with E-state index < -0.39 is 0 Å². The SMILES string of the molecule is Cc1cc(=O)[nH]c(NN=Cc2ccc(N3CCOCC3)cc2)n1. The fourth-order valence-corrected chi connectivity index (χ4v) is 2.39. The zero-order valence-electron chi connectivity index (χ0n) is 13.0. The first-order valence-electron chi connectivity index (χ1n) is 7.50. The van der Waals surface area contributed by atoms with Crippen LogP contribution in [0.3, 0.4) is 0 Å². The van der Waals surface area contributed by atoms with Gasteiger partial charge in [0.25, 0.3) is 5.56 Å². The molecule has 0 saturated carbocycles. The molecule has 23 heavy (non-hydrogen) atoms. The summed E-state index contributed by atoms with van der Waals surface area (Å²) in [7, 11) is 0. The Bertz CT molecular complexity index is 733. The second kappa shape index (κ2) is 7.06. The molecule has 0 bridgehead atoms. The topological polar surface area (TPSA) is 82.6 Å². The zero-order chi connectivity index (χ0) is 16.1. The van der Waals surface area contributed by atoms with Crippen LogP contribution in [-0.2, 0) is 4.74 Å². The molecular weight excluding hydrogens is 294 g/mol. The van der Waals surface area contributed by atoms with Gasteiger partial charge in [-0.2, -0.15) is 5.10 Å². The second-order valence-electron chi connectivity index (χ2n) is 5.30. The van der Waals surface area contributed by atoms with Crippen LogP contribution in [0.2, 0.25) is 0 Å². The van der Waals surface area contributed by atoms with Crippen molar-refractivity contribution in [2.24, 2.45) is 5.10 Å². The summed E-state index contributed by atoms with van der Waals surface area (Å²) in [6, 6.07) is 9.57. The van der Waals surface area contributed by atoms with Crippen molar-refractivity contribution in [3.05, 3.63) is 51.9 Å². The molecule has 0 spiro atoms. The summed E-state index contributed by atoms with van der Waals surface area (Å²) in [4.78, 5) is 20.3. The van der Waals surface area contributed by atoms with Crippen LogP contribution in [-0.4, -0.2) is 42.5 Å². The van der Waals surface area contributed by atoms with Crippen molar-refractivity contribution in [1.82, 2.24) is 9.97 Å². The van der Waals surface area contributed by atoms with Gasteiger partial charge in [0, 0.05) is 30.5 Å². The number of ether oxygens (including phenoxy) is 1. The van der Waals surface area contributed by atoms with E-state index in [4.69, 9.17) is 4.74 Å². The van der Waals surface area contributed by atoms with E-state index in [9.17, 15) is 4.79 Å². The number of morpholine rings is 1. The van der Waals surface area contributed by atoms with Gasteiger partial charge in [0.2, 0.25) is 5.95 Å². The summed E-state index contributed by atoms with van der Waals surface area (Å²) in [5.74, 6) is 0.330. The molecule has 1 aromatic carbocycles. The maximum atomic E-state index is 11.3. The molecule has 0 aliphatic carbocycles. The van der Waals surface area contributed by atoms with Crippen molar-refractivity contribution in [3.63, 3.8) is 0 Å². The summed E-state index contributed by atoms with van der Waals surface area (Å²) >= 11 is 0. The minimum Gasteiger partial charge on any atom is -0.378 e. The molecule has 1 saturated heterocycles. The molecule has 1 aromatic heterocycles. The van der Waals surface area contributed by atoms with Crippen molar-refractivity contribution in [3.8, 4) is 0 Å². The van der Waals surface area contributed by atoms with Crippen LogP contribution in [0.5, 0.6) is 0 Å². The number of hydrazone groups is 1. The molecule has 2 N–H and O–H groups in total.